The number of non-ortho nitro benzene ring substituents is 1. The van der Waals surface area contributed by atoms with Crippen LogP contribution in [0.3, 0.4) is 0 Å². The van der Waals surface area contributed by atoms with Gasteiger partial charge in [0, 0.05) is 12.1 Å². The minimum Gasteiger partial charge on any atom is -0.493 e. The van der Waals surface area contributed by atoms with Crippen LogP contribution in [0.1, 0.15) is 11.1 Å². The van der Waals surface area contributed by atoms with E-state index in [2.05, 4.69) is 0 Å². The maximum atomic E-state index is 10.6. The van der Waals surface area contributed by atoms with Crippen LogP contribution in [0, 0.1) is 32.8 Å². The molecule has 0 saturated carbocycles. The number of hydrogen-bond acceptors (Lipinski definition) is 6. The number of hydrogen-bond donors (Lipinski definition) is 0. The van der Waals surface area contributed by atoms with Gasteiger partial charge in [-0.3, -0.25) is 10.1 Å². The number of nitro groups is 1. The highest BCUT2D eigenvalue weighted by molar-refractivity contribution is 5.64. The zero-order chi connectivity index (χ0) is 18.2. The molecule has 0 aliphatic heterocycles. The summed E-state index contributed by atoms with van der Waals surface area (Å²) in [4.78, 5) is 10.2. The molecule has 2 rings (SSSR count). The molecule has 0 aromatic heterocycles. The smallest absolute Gasteiger partial charge is 0.269 e. The van der Waals surface area contributed by atoms with Crippen molar-refractivity contribution in [2.75, 3.05) is 7.11 Å². The van der Waals surface area contributed by atoms with Crippen LogP contribution in [0.2, 0.25) is 0 Å². The van der Waals surface area contributed by atoms with Crippen molar-refractivity contribution >= 4 is 11.8 Å². The molecule has 7 nitrogen and oxygen atoms in total. The van der Waals surface area contributed by atoms with Crippen LogP contribution in [-0.4, -0.2) is 12.0 Å². The monoisotopic (exact) mass is 335 g/mol. The standard InChI is InChI=1S/C18H13N3O4/c1-24-18-9-14(8-15(10-19)11-20)4-7-17(18)25-12-13-2-5-16(6-3-13)21(22)23/h2-9H,12H2,1H3. The van der Waals surface area contributed by atoms with Gasteiger partial charge in [0.25, 0.3) is 5.69 Å². The van der Waals surface area contributed by atoms with Crippen molar-refractivity contribution in [1.29, 1.82) is 10.5 Å². The number of nitriles is 2. The first-order valence-corrected chi connectivity index (χ1v) is 7.13. The fourth-order valence-electron chi connectivity index (χ4n) is 2.02. The Morgan fingerprint density at radius 2 is 1.84 bits per heavy atom. The highest BCUT2D eigenvalue weighted by Crippen LogP contribution is 2.29. The molecule has 2 aromatic carbocycles. The fourth-order valence-corrected chi connectivity index (χ4v) is 2.02. The minimum absolute atomic E-state index is 0.0124. The van der Waals surface area contributed by atoms with E-state index in [9.17, 15) is 10.1 Å². The Labute approximate surface area is 144 Å². The third-order valence-corrected chi connectivity index (χ3v) is 3.28. The molecule has 0 saturated heterocycles. The van der Waals surface area contributed by atoms with Crippen LogP contribution >= 0.6 is 0 Å². The molecule has 0 radical (unpaired) electrons. The SMILES string of the molecule is COc1cc(C=C(C#N)C#N)ccc1OCc1ccc([N+](=O)[O-])cc1. The van der Waals surface area contributed by atoms with Gasteiger partial charge in [0.05, 0.1) is 12.0 Å². The van der Waals surface area contributed by atoms with Crippen LogP contribution in [0.5, 0.6) is 11.5 Å². The molecule has 0 aliphatic rings. The van der Waals surface area contributed by atoms with Crippen molar-refractivity contribution in [3.8, 4) is 23.6 Å². The maximum absolute atomic E-state index is 10.6. The second kappa shape index (κ2) is 8.14. The normalized spacial score (nSPS) is 9.40. The molecule has 124 valence electrons. The summed E-state index contributed by atoms with van der Waals surface area (Å²) in [5.41, 5.74) is 1.41. The zero-order valence-corrected chi connectivity index (χ0v) is 13.3. The van der Waals surface area contributed by atoms with E-state index in [1.54, 1.807) is 42.5 Å². The summed E-state index contributed by atoms with van der Waals surface area (Å²) >= 11 is 0. The average Bonchev–Trinajstić information content (AvgIpc) is 2.65. The molecule has 0 N–H and O–H groups in total. The summed E-state index contributed by atoms with van der Waals surface area (Å²) < 4.78 is 10.9. The summed E-state index contributed by atoms with van der Waals surface area (Å²) in [6.45, 7) is 0.213. The lowest BCUT2D eigenvalue weighted by Crippen LogP contribution is -1.98. The van der Waals surface area contributed by atoms with Crippen LogP contribution in [0.4, 0.5) is 5.69 Å². The Morgan fingerprint density at radius 1 is 1.16 bits per heavy atom. The van der Waals surface area contributed by atoms with Crippen LogP contribution in [0.15, 0.2) is 48.0 Å². The van der Waals surface area contributed by atoms with Crippen molar-refractivity contribution in [1.82, 2.24) is 0 Å². The summed E-state index contributed by atoms with van der Waals surface area (Å²) in [5.74, 6) is 0.930. The molecule has 0 fully saturated rings. The second-order valence-corrected chi connectivity index (χ2v) is 4.90. The van der Waals surface area contributed by atoms with Gasteiger partial charge in [-0.1, -0.05) is 6.07 Å². The number of allylic oxidation sites excluding steroid dienone is 1. The van der Waals surface area contributed by atoms with Crippen LogP contribution in [0.25, 0.3) is 6.08 Å². The van der Waals surface area contributed by atoms with E-state index < -0.39 is 4.92 Å². The average molecular weight is 335 g/mol. The van der Waals surface area contributed by atoms with Gasteiger partial charge in [0.1, 0.15) is 24.3 Å². The number of nitro benzene ring substituents is 1. The lowest BCUT2D eigenvalue weighted by Gasteiger charge is -2.11. The molecular formula is C18H13N3O4. The first-order valence-electron chi connectivity index (χ1n) is 7.13. The topological polar surface area (TPSA) is 109 Å². The summed E-state index contributed by atoms with van der Waals surface area (Å²) in [7, 11) is 1.48. The molecule has 2 aromatic rings. The van der Waals surface area contributed by atoms with E-state index in [0.29, 0.717) is 17.1 Å². The summed E-state index contributed by atoms with van der Waals surface area (Å²) in [6.07, 6.45) is 1.45. The Kier molecular flexibility index (Phi) is 5.70. The van der Waals surface area contributed by atoms with Gasteiger partial charge < -0.3 is 9.47 Å². The van der Waals surface area contributed by atoms with Crippen LogP contribution < -0.4 is 9.47 Å². The number of rotatable bonds is 6. The van der Waals surface area contributed by atoms with E-state index in [4.69, 9.17) is 20.0 Å². The fraction of sp³-hybridized carbons (Fsp3) is 0.111. The molecule has 0 aliphatic carbocycles. The van der Waals surface area contributed by atoms with E-state index in [1.165, 1.54) is 25.3 Å². The zero-order valence-electron chi connectivity index (χ0n) is 13.3. The molecule has 0 heterocycles. The van der Waals surface area contributed by atoms with Crippen LogP contribution in [-0.2, 0) is 6.61 Å². The Balaban J connectivity index is 2.14. The van der Waals surface area contributed by atoms with E-state index in [-0.39, 0.29) is 17.9 Å². The van der Waals surface area contributed by atoms with Crippen molar-refractivity contribution in [2.45, 2.75) is 6.61 Å². The number of methoxy groups -OCH3 is 1. The van der Waals surface area contributed by atoms with Gasteiger partial charge in [0.15, 0.2) is 11.5 Å². The quantitative estimate of drug-likeness (QED) is 0.453. The number of nitrogens with zero attached hydrogens (tertiary/aromatic N) is 3. The largest absolute Gasteiger partial charge is 0.493 e. The van der Waals surface area contributed by atoms with Gasteiger partial charge in [-0.25, -0.2) is 0 Å². The van der Waals surface area contributed by atoms with E-state index >= 15 is 0 Å². The summed E-state index contributed by atoms with van der Waals surface area (Å²) in [5, 5.41) is 28.2. The lowest BCUT2D eigenvalue weighted by molar-refractivity contribution is -0.384. The predicted molar refractivity (Wildman–Crippen MR) is 89.6 cm³/mol. The highest BCUT2D eigenvalue weighted by Gasteiger charge is 2.08. The van der Waals surface area contributed by atoms with Crippen molar-refractivity contribution < 1.29 is 14.4 Å². The molecular weight excluding hydrogens is 322 g/mol. The minimum atomic E-state index is -0.462. The van der Waals surface area contributed by atoms with Crippen molar-refractivity contribution in [2.24, 2.45) is 0 Å². The number of benzene rings is 2. The van der Waals surface area contributed by atoms with Gasteiger partial charge in [-0.2, -0.15) is 10.5 Å². The van der Waals surface area contributed by atoms with Crippen molar-refractivity contribution in [3.63, 3.8) is 0 Å². The Bertz CT molecular complexity index is 874. The molecule has 0 bridgehead atoms. The molecule has 25 heavy (non-hydrogen) atoms. The highest BCUT2D eigenvalue weighted by atomic mass is 16.6. The molecule has 0 atom stereocenters. The maximum Gasteiger partial charge on any atom is 0.269 e. The van der Waals surface area contributed by atoms with E-state index in [1.807, 2.05) is 0 Å². The second-order valence-electron chi connectivity index (χ2n) is 4.90. The third kappa shape index (κ3) is 4.57. The lowest BCUT2D eigenvalue weighted by atomic mass is 10.1. The Hall–Kier alpha value is -3.84. The first kappa shape index (κ1) is 17.5. The molecule has 0 amide bonds. The molecule has 7 heteroatoms. The molecule has 0 unspecified atom stereocenters. The summed E-state index contributed by atoms with van der Waals surface area (Å²) in [6, 6.07) is 14.7. The van der Waals surface area contributed by atoms with Gasteiger partial charge in [-0.15, -0.1) is 0 Å². The van der Waals surface area contributed by atoms with Gasteiger partial charge in [-0.05, 0) is 41.5 Å². The molecule has 0 spiro atoms. The Morgan fingerprint density at radius 3 is 2.40 bits per heavy atom. The first-order chi connectivity index (χ1) is 12.1. The van der Waals surface area contributed by atoms with Gasteiger partial charge >= 0.3 is 0 Å². The van der Waals surface area contributed by atoms with Gasteiger partial charge in [0.2, 0.25) is 0 Å². The van der Waals surface area contributed by atoms with E-state index in [0.717, 1.165) is 5.56 Å². The number of ether oxygens (including phenoxy) is 2. The predicted octanol–water partition coefficient (Wildman–Crippen LogP) is 3.61. The third-order valence-electron chi connectivity index (χ3n) is 3.28. The van der Waals surface area contributed by atoms with Crippen molar-refractivity contribution in [3.05, 3.63) is 69.3 Å².